The van der Waals surface area contributed by atoms with Gasteiger partial charge in [0.15, 0.2) is 11.6 Å². The van der Waals surface area contributed by atoms with Gasteiger partial charge in [0.1, 0.15) is 0 Å². The van der Waals surface area contributed by atoms with Crippen molar-refractivity contribution in [3.8, 4) is 0 Å². The molecule has 0 unspecified atom stereocenters. The van der Waals surface area contributed by atoms with Gasteiger partial charge in [0, 0.05) is 23.5 Å². The Bertz CT molecular complexity index is 848. The van der Waals surface area contributed by atoms with E-state index < -0.39 is 29.8 Å². The van der Waals surface area contributed by atoms with Crippen molar-refractivity contribution in [3.05, 3.63) is 63.1 Å². The zero-order valence-electron chi connectivity index (χ0n) is 13.1. The van der Waals surface area contributed by atoms with E-state index in [-0.39, 0.29) is 12.1 Å². The number of aliphatic hydroxyl groups is 1. The van der Waals surface area contributed by atoms with Crippen LogP contribution >= 0.6 is 23.2 Å². The third-order valence-corrected chi connectivity index (χ3v) is 4.78. The molecule has 2 N–H and O–H groups in total. The summed E-state index contributed by atoms with van der Waals surface area (Å²) in [5.74, 6) is -2.21. The highest BCUT2D eigenvalue weighted by Crippen LogP contribution is 2.41. The van der Waals surface area contributed by atoms with Crippen LogP contribution in [0.4, 0.5) is 19.3 Å². The number of aliphatic hydroxyl groups excluding tert-OH is 1. The molecule has 2 atom stereocenters. The van der Waals surface area contributed by atoms with Crippen molar-refractivity contribution in [1.82, 2.24) is 4.90 Å². The first-order chi connectivity index (χ1) is 11.8. The predicted octanol–water partition coefficient (Wildman–Crippen LogP) is 4.39. The number of rotatable bonds is 2. The molecule has 1 aliphatic rings. The van der Waals surface area contributed by atoms with E-state index in [1.54, 1.807) is 12.1 Å². The molecule has 0 saturated heterocycles. The molecule has 0 heterocycles. The second kappa shape index (κ2) is 6.78. The monoisotopic (exact) mass is 386 g/mol. The highest BCUT2D eigenvalue weighted by atomic mass is 35.5. The Balaban J connectivity index is 1.87. The van der Waals surface area contributed by atoms with Crippen molar-refractivity contribution in [2.75, 3.05) is 12.4 Å². The number of likely N-dealkylation sites (N-methyl/N-ethyl adjacent to an activating group) is 1. The van der Waals surface area contributed by atoms with E-state index in [0.717, 1.165) is 6.07 Å². The molecule has 132 valence electrons. The van der Waals surface area contributed by atoms with Gasteiger partial charge in [-0.2, -0.15) is 0 Å². The number of hydrogen-bond acceptors (Lipinski definition) is 2. The molecule has 2 aromatic carbocycles. The molecular weight excluding hydrogens is 373 g/mol. The Hall–Kier alpha value is -1.89. The van der Waals surface area contributed by atoms with Crippen LogP contribution in [0.3, 0.4) is 0 Å². The van der Waals surface area contributed by atoms with Gasteiger partial charge in [-0.25, -0.2) is 13.6 Å². The van der Waals surface area contributed by atoms with Gasteiger partial charge in [-0.05, 0) is 35.4 Å². The SMILES string of the molecule is CN(C(=O)Nc1cccc(F)c1F)[C@H]1c2cc(Cl)cc(Cl)c2C[C@H]1O. The zero-order chi connectivity index (χ0) is 18.3. The number of nitrogens with one attached hydrogen (secondary N) is 1. The molecule has 0 radical (unpaired) electrons. The Labute approximate surface area is 153 Å². The van der Waals surface area contributed by atoms with E-state index in [9.17, 15) is 18.7 Å². The molecule has 0 aromatic heterocycles. The van der Waals surface area contributed by atoms with Crippen LogP contribution in [-0.2, 0) is 6.42 Å². The van der Waals surface area contributed by atoms with E-state index in [1.807, 2.05) is 0 Å². The summed E-state index contributed by atoms with van der Waals surface area (Å²) in [5, 5.41) is 13.4. The number of benzene rings is 2. The number of carbonyl (C=O) groups excluding carboxylic acids is 1. The molecule has 0 spiro atoms. The van der Waals surface area contributed by atoms with Gasteiger partial charge < -0.3 is 15.3 Å². The summed E-state index contributed by atoms with van der Waals surface area (Å²) in [6.45, 7) is 0. The fraction of sp³-hybridized carbons (Fsp3) is 0.235. The summed E-state index contributed by atoms with van der Waals surface area (Å²) in [4.78, 5) is 13.7. The molecule has 25 heavy (non-hydrogen) atoms. The van der Waals surface area contributed by atoms with E-state index in [2.05, 4.69) is 5.32 Å². The lowest BCUT2D eigenvalue weighted by atomic mass is 10.1. The quantitative estimate of drug-likeness (QED) is 0.803. The second-order valence-electron chi connectivity index (χ2n) is 5.81. The maximum Gasteiger partial charge on any atom is 0.322 e. The summed E-state index contributed by atoms with van der Waals surface area (Å²) in [6, 6.07) is 5.29. The van der Waals surface area contributed by atoms with Crippen molar-refractivity contribution >= 4 is 34.9 Å². The lowest BCUT2D eigenvalue weighted by molar-refractivity contribution is 0.0934. The van der Waals surface area contributed by atoms with Gasteiger partial charge in [0.2, 0.25) is 0 Å². The van der Waals surface area contributed by atoms with Crippen molar-refractivity contribution in [1.29, 1.82) is 0 Å². The van der Waals surface area contributed by atoms with Crippen LogP contribution in [0, 0.1) is 11.6 Å². The van der Waals surface area contributed by atoms with E-state index in [1.165, 1.54) is 24.1 Å². The van der Waals surface area contributed by atoms with Crippen LogP contribution in [0.25, 0.3) is 0 Å². The molecule has 2 amide bonds. The normalized spacial score (nSPS) is 18.8. The van der Waals surface area contributed by atoms with E-state index in [0.29, 0.717) is 21.2 Å². The van der Waals surface area contributed by atoms with Crippen molar-refractivity contribution in [2.24, 2.45) is 0 Å². The average Bonchev–Trinajstić information content (AvgIpc) is 2.87. The molecule has 1 aliphatic carbocycles. The largest absolute Gasteiger partial charge is 0.390 e. The molecule has 0 bridgehead atoms. The van der Waals surface area contributed by atoms with Gasteiger partial charge in [0.05, 0.1) is 17.8 Å². The molecule has 2 aromatic rings. The standard InChI is InChI=1S/C17H14Cl2F2N2O2/c1-23(17(25)22-13-4-2-3-12(20)15(13)21)16-10-5-8(18)6-11(19)9(10)7-14(16)24/h2-6,14,16,24H,7H2,1H3,(H,22,25)/t14-,16+/m1/s1. The Kier molecular flexibility index (Phi) is 4.86. The minimum Gasteiger partial charge on any atom is -0.390 e. The number of nitrogens with zero attached hydrogens (tertiary/aromatic N) is 1. The number of halogens is 4. The fourth-order valence-electron chi connectivity index (χ4n) is 3.03. The third kappa shape index (κ3) is 3.29. The Morgan fingerprint density at radius 2 is 2.04 bits per heavy atom. The fourth-order valence-corrected chi connectivity index (χ4v) is 3.61. The topological polar surface area (TPSA) is 52.6 Å². The van der Waals surface area contributed by atoms with Crippen LogP contribution in [0.15, 0.2) is 30.3 Å². The van der Waals surface area contributed by atoms with Gasteiger partial charge in [0.25, 0.3) is 0 Å². The Morgan fingerprint density at radius 1 is 1.32 bits per heavy atom. The number of amides is 2. The Morgan fingerprint density at radius 3 is 2.76 bits per heavy atom. The molecule has 0 fully saturated rings. The summed E-state index contributed by atoms with van der Waals surface area (Å²) < 4.78 is 27.0. The minimum absolute atomic E-state index is 0.266. The highest BCUT2D eigenvalue weighted by Gasteiger charge is 2.37. The first-order valence-electron chi connectivity index (χ1n) is 7.43. The van der Waals surface area contributed by atoms with Crippen LogP contribution in [0.5, 0.6) is 0 Å². The summed E-state index contributed by atoms with van der Waals surface area (Å²) in [5.41, 5.74) is 1.05. The lowest BCUT2D eigenvalue weighted by Crippen LogP contribution is -2.38. The smallest absolute Gasteiger partial charge is 0.322 e. The van der Waals surface area contributed by atoms with Crippen LogP contribution in [-0.4, -0.2) is 29.2 Å². The van der Waals surface area contributed by atoms with Gasteiger partial charge in [-0.15, -0.1) is 0 Å². The number of anilines is 1. The molecule has 0 saturated carbocycles. The minimum atomic E-state index is -1.15. The average molecular weight is 387 g/mol. The number of carbonyl (C=O) groups is 1. The van der Waals surface area contributed by atoms with Crippen LogP contribution in [0.2, 0.25) is 10.0 Å². The molecule has 8 heteroatoms. The first kappa shape index (κ1) is 17.9. The first-order valence-corrected chi connectivity index (χ1v) is 8.19. The van der Waals surface area contributed by atoms with E-state index in [4.69, 9.17) is 23.2 Å². The van der Waals surface area contributed by atoms with Gasteiger partial charge >= 0.3 is 6.03 Å². The molecule has 0 aliphatic heterocycles. The number of urea groups is 1. The van der Waals surface area contributed by atoms with Crippen LogP contribution in [0.1, 0.15) is 17.2 Å². The molecular formula is C17H14Cl2F2N2O2. The van der Waals surface area contributed by atoms with Crippen molar-refractivity contribution < 1.29 is 18.7 Å². The second-order valence-corrected chi connectivity index (χ2v) is 6.66. The number of fused-ring (bicyclic) bond motifs is 1. The zero-order valence-corrected chi connectivity index (χ0v) is 14.6. The third-order valence-electron chi connectivity index (χ3n) is 4.22. The number of hydrogen-bond donors (Lipinski definition) is 2. The maximum absolute atomic E-state index is 13.7. The molecule has 3 rings (SSSR count). The van der Waals surface area contributed by atoms with E-state index >= 15 is 0 Å². The van der Waals surface area contributed by atoms with Crippen molar-refractivity contribution in [2.45, 2.75) is 18.6 Å². The highest BCUT2D eigenvalue weighted by molar-refractivity contribution is 6.35. The summed E-state index contributed by atoms with van der Waals surface area (Å²) in [6.07, 6.45) is -0.624. The van der Waals surface area contributed by atoms with Gasteiger partial charge in [-0.3, -0.25) is 0 Å². The lowest BCUT2D eigenvalue weighted by Gasteiger charge is -2.28. The van der Waals surface area contributed by atoms with Crippen molar-refractivity contribution in [3.63, 3.8) is 0 Å². The summed E-state index contributed by atoms with van der Waals surface area (Å²) >= 11 is 12.2. The molecule has 4 nitrogen and oxygen atoms in total. The maximum atomic E-state index is 13.7. The summed E-state index contributed by atoms with van der Waals surface area (Å²) in [7, 11) is 1.45. The van der Waals surface area contributed by atoms with Gasteiger partial charge in [-0.1, -0.05) is 29.3 Å². The van der Waals surface area contributed by atoms with Crippen LogP contribution < -0.4 is 5.32 Å². The predicted molar refractivity (Wildman–Crippen MR) is 92.1 cm³/mol.